The van der Waals surface area contributed by atoms with Crippen LogP contribution < -0.4 is 0 Å². The van der Waals surface area contributed by atoms with Gasteiger partial charge in [0.2, 0.25) is 6.29 Å². The zero-order chi connectivity index (χ0) is 47.4. The van der Waals surface area contributed by atoms with E-state index in [-0.39, 0.29) is 119 Å². The van der Waals surface area contributed by atoms with Crippen molar-refractivity contribution >= 4 is 35.6 Å². The van der Waals surface area contributed by atoms with Crippen molar-refractivity contribution in [1.82, 2.24) is 0 Å². The van der Waals surface area contributed by atoms with Crippen LogP contribution >= 0.6 is 11.8 Å². The third-order valence-electron chi connectivity index (χ3n) is 16.7. The number of hydrogen-bond acceptors (Lipinski definition) is 11. The molecule has 0 amide bonds. The molecular formula is C61H116O10S. The van der Waals surface area contributed by atoms with E-state index in [1.807, 2.05) is 67.5 Å². The molecule has 9 rings (SSSR count). The smallest absolute Gasteiger partial charge is 0.313 e. The molecule has 7 atom stereocenters. The Bertz CT molecular complexity index is 1700. The fourth-order valence-corrected chi connectivity index (χ4v) is 11.8. The second-order valence-electron chi connectivity index (χ2n) is 22.4. The van der Waals surface area contributed by atoms with Gasteiger partial charge in [-0.1, -0.05) is 120 Å². The summed E-state index contributed by atoms with van der Waals surface area (Å²) in [7, 11) is 0. The van der Waals surface area contributed by atoms with Crippen LogP contribution in [-0.2, 0) is 42.9 Å². The topological polar surface area (TPSA) is 135 Å². The van der Waals surface area contributed by atoms with E-state index in [1.165, 1.54) is 37.7 Å². The van der Waals surface area contributed by atoms with Gasteiger partial charge in [-0.3, -0.25) is 19.2 Å². The summed E-state index contributed by atoms with van der Waals surface area (Å²) in [5, 5.41) is 9.01. The lowest BCUT2D eigenvalue weighted by molar-refractivity contribution is -0.231. The first kappa shape index (κ1) is 75.7. The Morgan fingerprint density at radius 1 is 0.694 bits per heavy atom. The summed E-state index contributed by atoms with van der Waals surface area (Å²) in [6.45, 7) is 27.3. The van der Waals surface area contributed by atoms with Crippen molar-refractivity contribution in [3.63, 3.8) is 0 Å². The van der Waals surface area contributed by atoms with Crippen molar-refractivity contribution in [2.45, 2.75) is 250 Å². The molecule has 6 bridgehead atoms. The first-order valence-corrected chi connectivity index (χ1v) is 26.0. The summed E-state index contributed by atoms with van der Waals surface area (Å²) in [6.07, 6.45) is 11.3. The van der Waals surface area contributed by atoms with E-state index in [4.69, 9.17) is 28.8 Å². The molecule has 72 heavy (non-hydrogen) atoms. The largest absolute Gasteiger partial charge is 0.508 e. The van der Waals surface area contributed by atoms with Gasteiger partial charge in [0.25, 0.3) is 0 Å². The Morgan fingerprint density at radius 2 is 1.17 bits per heavy atom. The highest BCUT2D eigenvalue weighted by atomic mass is 32.2. The molecule has 6 saturated carbocycles. The fourth-order valence-electron chi connectivity index (χ4n) is 11.1. The maximum Gasteiger partial charge on any atom is 0.313 e. The highest BCUT2D eigenvalue weighted by Crippen LogP contribution is 2.62. The van der Waals surface area contributed by atoms with Gasteiger partial charge in [-0.2, -0.15) is 11.8 Å². The SMILES string of the molecule is C.C.C.C.C.C.C.C.CCC(C)(C)C(=O)OC1(C(C)C)C2CC3CC(C2)CC1C3.CCC(C)(C)C(=O)OC1C2CC3C(=O)OC1C3C2.CCC(C)(C)C(=O)OC1CSCCO1.CCC(C)c1ccc(O)cc1. The second kappa shape index (κ2) is 31.3. The van der Waals surface area contributed by atoms with E-state index in [0.717, 1.165) is 61.9 Å². The van der Waals surface area contributed by atoms with Crippen LogP contribution in [0.1, 0.15) is 232 Å². The monoisotopic (exact) mass is 1040 g/mol. The molecule has 2 saturated heterocycles. The third-order valence-corrected chi connectivity index (χ3v) is 17.6. The van der Waals surface area contributed by atoms with Crippen molar-refractivity contribution in [3.8, 4) is 5.75 Å². The third kappa shape index (κ3) is 17.1. The first-order chi connectivity index (χ1) is 30.0. The van der Waals surface area contributed by atoms with Crippen LogP contribution in [0.3, 0.4) is 0 Å². The number of fused-ring (bicyclic) bond motifs is 1. The van der Waals surface area contributed by atoms with Crippen LogP contribution in [0.2, 0.25) is 0 Å². The summed E-state index contributed by atoms with van der Waals surface area (Å²) in [4.78, 5) is 48.2. The maximum atomic E-state index is 12.8. The lowest BCUT2D eigenvalue weighted by Gasteiger charge is -2.62. The highest BCUT2D eigenvalue weighted by molar-refractivity contribution is 7.99. The summed E-state index contributed by atoms with van der Waals surface area (Å²) >= 11 is 1.76. The zero-order valence-electron chi connectivity index (χ0n) is 41.7. The average Bonchev–Trinajstić information content (AvgIpc) is 3.91. The Balaban J connectivity index is -0.000000423. The Labute approximate surface area is 449 Å². The molecule has 11 heteroatoms. The zero-order valence-corrected chi connectivity index (χ0v) is 42.5. The number of aromatic hydroxyl groups is 1. The van der Waals surface area contributed by atoms with Gasteiger partial charge in [-0.15, -0.1) is 0 Å². The molecule has 8 fully saturated rings. The van der Waals surface area contributed by atoms with Gasteiger partial charge >= 0.3 is 23.9 Å². The van der Waals surface area contributed by atoms with E-state index in [2.05, 4.69) is 34.6 Å². The Morgan fingerprint density at radius 3 is 1.60 bits per heavy atom. The van der Waals surface area contributed by atoms with Crippen molar-refractivity contribution in [2.24, 2.45) is 63.6 Å². The lowest BCUT2D eigenvalue weighted by atomic mass is 9.47. The number of esters is 4. The van der Waals surface area contributed by atoms with Gasteiger partial charge in [0.05, 0.1) is 34.5 Å². The van der Waals surface area contributed by atoms with Crippen LogP contribution in [0.15, 0.2) is 24.3 Å². The number of hydrogen-bond donors (Lipinski definition) is 1. The molecule has 10 nitrogen and oxygen atoms in total. The van der Waals surface area contributed by atoms with Gasteiger partial charge in [0.15, 0.2) is 0 Å². The molecular weight excluding hydrogens is 925 g/mol. The summed E-state index contributed by atoms with van der Waals surface area (Å²) in [5.74, 6) is 6.51. The normalized spacial score (nSPS) is 28.9. The van der Waals surface area contributed by atoms with Crippen molar-refractivity contribution in [2.75, 3.05) is 18.1 Å². The molecule has 7 unspecified atom stereocenters. The standard InChI is InChI=1S/C19H32O2.C14H20O4.C10H18O3S.C10H14O.8CH4/c1-6-18(4,5)17(20)21-19(12(2)3)15-8-13-7-14(10-15)11-16(19)9-13;1-4-14(2,3)13(16)18-10-7-5-8-9(6-7)12(15)17-11(8)10;1-4-10(2,3)9(11)13-8-7-14-6-5-12-8;1-3-8(2)9-4-6-10(11)7-5-9;;;;;;;;/h12-16H,6-11H2,1-5H3;7-11H,4-6H2,1-3H3;8H,4-7H2,1-3H3;4-8,11H,3H2,1-2H3;8*1H4. The minimum absolute atomic E-state index is 0. The van der Waals surface area contributed by atoms with Crippen molar-refractivity contribution in [1.29, 1.82) is 0 Å². The molecule has 8 aliphatic rings. The second-order valence-corrected chi connectivity index (χ2v) is 23.5. The van der Waals surface area contributed by atoms with Crippen LogP contribution in [0, 0.1) is 63.6 Å². The molecule has 2 heterocycles. The van der Waals surface area contributed by atoms with E-state index < -0.39 is 10.8 Å². The number of ether oxygens (including phenoxy) is 5. The first-order valence-electron chi connectivity index (χ1n) is 24.9. The molecule has 0 radical (unpaired) electrons. The van der Waals surface area contributed by atoms with Crippen LogP contribution in [-0.4, -0.2) is 71.2 Å². The van der Waals surface area contributed by atoms with E-state index >= 15 is 0 Å². The molecule has 1 aromatic rings. The molecule has 0 aromatic heterocycles. The number of phenolic OH excluding ortho intramolecular Hbond substituents is 1. The number of carbonyl (C=O) groups excluding carboxylic acids is 4. The van der Waals surface area contributed by atoms with E-state index in [9.17, 15) is 19.2 Å². The average molecular weight is 1040 g/mol. The summed E-state index contributed by atoms with van der Waals surface area (Å²) < 4.78 is 28.0. The molecule has 1 N–H and O–H groups in total. The van der Waals surface area contributed by atoms with Crippen LogP contribution in [0.25, 0.3) is 0 Å². The molecule has 426 valence electrons. The molecule has 1 aromatic carbocycles. The summed E-state index contributed by atoms with van der Waals surface area (Å²) in [6, 6.07) is 7.43. The fraction of sp³-hybridized carbons (Fsp3) is 0.836. The van der Waals surface area contributed by atoms with Crippen molar-refractivity contribution in [3.05, 3.63) is 29.8 Å². The highest BCUT2D eigenvalue weighted by Gasteiger charge is 2.64. The van der Waals surface area contributed by atoms with Crippen LogP contribution in [0.4, 0.5) is 0 Å². The van der Waals surface area contributed by atoms with Crippen molar-refractivity contribution < 1.29 is 48.0 Å². The number of rotatable bonds is 12. The van der Waals surface area contributed by atoms with E-state index in [1.54, 1.807) is 23.9 Å². The van der Waals surface area contributed by atoms with Gasteiger partial charge < -0.3 is 28.8 Å². The quantitative estimate of drug-likeness (QED) is 0.158. The predicted octanol–water partition coefficient (Wildman–Crippen LogP) is 16.8. The van der Waals surface area contributed by atoms with Gasteiger partial charge in [0, 0.05) is 17.6 Å². The Hall–Kier alpha value is -2.79. The molecule has 6 aliphatic carbocycles. The van der Waals surface area contributed by atoms with Gasteiger partial charge in [-0.25, -0.2) is 0 Å². The molecule has 0 spiro atoms. The van der Waals surface area contributed by atoms with Crippen LogP contribution in [0.5, 0.6) is 5.75 Å². The number of benzene rings is 1. The minimum atomic E-state index is -0.455. The van der Waals surface area contributed by atoms with E-state index in [0.29, 0.717) is 47.9 Å². The predicted molar refractivity (Wildman–Crippen MR) is 306 cm³/mol. The van der Waals surface area contributed by atoms with Gasteiger partial charge in [-0.05, 0) is 165 Å². The number of carbonyl (C=O) groups is 4. The number of thioether (sulfide) groups is 1. The summed E-state index contributed by atoms with van der Waals surface area (Å²) in [5.41, 5.74) is -0.0756. The van der Waals surface area contributed by atoms with Gasteiger partial charge in [0.1, 0.15) is 23.6 Å². The lowest BCUT2D eigenvalue weighted by Crippen LogP contribution is -2.63. The molecule has 2 aliphatic heterocycles. The number of phenols is 1. The Kier molecular flexibility index (Phi) is 32.9. The maximum absolute atomic E-state index is 12.8. The minimum Gasteiger partial charge on any atom is -0.508 e.